The van der Waals surface area contributed by atoms with Crippen molar-refractivity contribution in [3.8, 4) is 0 Å². The molecule has 0 fully saturated rings. The van der Waals surface area contributed by atoms with Crippen LogP contribution in [0.1, 0.15) is 29.7 Å². The molecule has 0 radical (unpaired) electrons. The first kappa shape index (κ1) is 18.4. The molecule has 2 aromatic carbocycles. The molecule has 0 bridgehead atoms. The lowest BCUT2D eigenvalue weighted by Gasteiger charge is -2.23. The molecule has 0 aliphatic rings. The van der Waals surface area contributed by atoms with Crippen LogP contribution in [0.15, 0.2) is 48.5 Å². The number of benzene rings is 2. The number of likely N-dealkylation sites (N-methyl/N-ethyl adjacent to an activating group) is 1. The highest BCUT2D eigenvalue weighted by Crippen LogP contribution is 2.12. The van der Waals surface area contributed by atoms with Crippen LogP contribution >= 0.6 is 12.2 Å². The van der Waals surface area contributed by atoms with Crippen LogP contribution in [0.25, 0.3) is 0 Å². The summed E-state index contributed by atoms with van der Waals surface area (Å²) in [4.78, 5) is 1.38. The molecule has 2 aromatic rings. The van der Waals surface area contributed by atoms with Crippen LogP contribution in [-0.2, 0) is 6.42 Å². The molecule has 4 heteroatoms. The molecule has 0 saturated heterocycles. The summed E-state index contributed by atoms with van der Waals surface area (Å²) >= 11 is 5.43. The van der Waals surface area contributed by atoms with Crippen LogP contribution in [0.2, 0.25) is 0 Å². The van der Waals surface area contributed by atoms with Crippen molar-refractivity contribution in [3.63, 3.8) is 0 Å². The first-order valence-corrected chi connectivity index (χ1v) is 8.90. The number of thiocarbonyl (C=S) groups is 1. The van der Waals surface area contributed by atoms with Crippen molar-refractivity contribution < 1.29 is 4.90 Å². The zero-order chi connectivity index (χ0) is 17.5. The van der Waals surface area contributed by atoms with E-state index < -0.39 is 0 Å². The largest absolute Gasteiger partial charge is 0.356 e. The molecule has 3 N–H and O–H groups in total. The summed E-state index contributed by atoms with van der Waals surface area (Å²) in [6.07, 6.45) is 1.07. The van der Waals surface area contributed by atoms with Gasteiger partial charge in [-0.05, 0) is 43.3 Å². The Morgan fingerprint density at radius 1 is 1.04 bits per heavy atom. The van der Waals surface area contributed by atoms with Gasteiger partial charge in [0, 0.05) is 11.3 Å². The summed E-state index contributed by atoms with van der Waals surface area (Å²) in [5.74, 6) is 0. The number of quaternary nitrogens is 1. The number of hydrogen-bond donors (Lipinski definition) is 3. The fourth-order valence-corrected chi connectivity index (χ4v) is 2.85. The van der Waals surface area contributed by atoms with Crippen LogP contribution in [-0.4, -0.2) is 25.8 Å². The second kappa shape index (κ2) is 8.81. The van der Waals surface area contributed by atoms with E-state index in [9.17, 15) is 0 Å². The van der Waals surface area contributed by atoms with Gasteiger partial charge in [-0.1, -0.05) is 48.9 Å². The van der Waals surface area contributed by atoms with Gasteiger partial charge in [0.05, 0.1) is 20.6 Å². The number of nitrogens with one attached hydrogen (secondary N) is 3. The Bertz CT molecular complexity index is 648. The van der Waals surface area contributed by atoms with Crippen molar-refractivity contribution in [3.05, 3.63) is 65.2 Å². The maximum Gasteiger partial charge on any atom is 0.171 e. The molecule has 0 aromatic heterocycles. The molecule has 0 saturated carbocycles. The van der Waals surface area contributed by atoms with E-state index in [1.165, 1.54) is 21.6 Å². The van der Waals surface area contributed by atoms with Crippen LogP contribution in [0.4, 0.5) is 5.69 Å². The topological polar surface area (TPSA) is 28.5 Å². The van der Waals surface area contributed by atoms with Gasteiger partial charge in [0.1, 0.15) is 6.04 Å². The maximum atomic E-state index is 5.43. The van der Waals surface area contributed by atoms with Crippen molar-refractivity contribution >= 4 is 23.0 Å². The molecule has 0 amide bonds. The lowest BCUT2D eigenvalue weighted by molar-refractivity contribution is -0.890. The summed E-state index contributed by atoms with van der Waals surface area (Å²) in [7, 11) is 4.35. The number of hydrogen-bond acceptors (Lipinski definition) is 1. The fraction of sp³-hybridized carbons (Fsp3) is 0.350. The lowest BCUT2D eigenvalue weighted by atomic mass is 10.0. The van der Waals surface area contributed by atoms with Gasteiger partial charge < -0.3 is 15.5 Å². The van der Waals surface area contributed by atoms with Crippen molar-refractivity contribution in [2.75, 3.05) is 26.0 Å². The van der Waals surface area contributed by atoms with E-state index in [1.807, 2.05) is 12.1 Å². The highest BCUT2D eigenvalue weighted by atomic mass is 32.1. The predicted octanol–water partition coefficient (Wildman–Crippen LogP) is 2.73. The van der Waals surface area contributed by atoms with Gasteiger partial charge >= 0.3 is 0 Å². The van der Waals surface area contributed by atoms with Crippen molar-refractivity contribution in [1.82, 2.24) is 5.32 Å². The molecule has 0 heterocycles. The van der Waals surface area contributed by atoms with Gasteiger partial charge in [-0.25, -0.2) is 0 Å². The quantitative estimate of drug-likeness (QED) is 0.705. The van der Waals surface area contributed by atoms with Crippen molar-refractivity contribution in [2.45, 2.75) is 26.3 Å². The normalized spacial score (nSPS) is 12.0. The number of anilines is 1. The monoisotopic (exact) mass is 342 g/mol. The summed E-state index contributed by atoms with van der Waals surface area (Å²) in [6, 6.07) is 17.5. The minimum Gasteiger partial charge on any atom is -0.356 e. The highest BCUT2D eigenvalue weighted by molar-refractivity contribution is 7.80. The molecule has 2 rings (SSSR count). The minimum absolute atomic E-state index is 0.355. The van der Waals surface area contributed by atoms with Gasteiger partial charge in [-0.15, -0.1) is 0 Å². The van der Waals surface area contributed by atoms with Crippen LogP contribution < -0.4 is 15.5 Å². The van der Waals surface area contributed by atoms with E-state index in [4.69, 9.17) is 12.2 Å². The Morgan fingerprint density at radius 2 is 1.67 bits per heavy atom. The average Bonchev–Trinajstić information content (AvgIpc) is 2.57. The minimum atomic E-state index is 0.355. The summed E-state index contributed by atoms with van der Waals surface area (Å²) in [6.45, 7) is 5.06. The van der Waals surface area contributed by atoms with Gasteiger partial charge in [-0.3, -0.25) is 0 Å². The molecule has 1 atom stereocenters. The van der Waals surface area contributed by atoms with E-state index in [1.54, 1.807) is 0 Å². The third kappa shape index (κ3) is 5.32. The standard InChI is InChI=1S/C20H27N3S/c1-5-16-8-10-17(11-9-16)19(23(3)4)14-21-20(24)22-18-12-6-15(2)7-13-18/h6-13,19H,5,14H2,1-4H3,(H2,21,22,24)/p+1/t19-/m0/s1. The number of rotatable bonds is 6. The number of aryl methyl sites for hydroxylation is 2. The summed E-state index contributed by atoms with van der Waals surface area (Å²) in [5, 5.41) is 7.26. The third-order valence-corrected chi connectivity index (χ3v) is 4.51. The Kier molecular flexibility index (Phi) is 6.76. The molecular weight excluding hydrogens is 314 g/mol. The van der Waals surface area contributed by atoms with Crippen LogP contribution in [0.5, 0.6) is 0 Å². The van der Waals surface area contributed by atoms with E-state index in [0.717, 1.165) is 18.7 Å². The van der Waals surface area contributed by atoms with Gasteiger partial charge in [-0.2, -0.15) is 0 Å². The second-order valence-electron chi connectivity index (χ2n) is 6.43. The predicted molar refractivity (Wildman–Crippen MR) is 107 cm³/mol. The summed E-state index contributed by atoms with van der Waals surface area (Å²) in [5.41, 5.74) is 4.96. The fourth-order valence-electron chi connectivity index (χ4n) is 2.65. The molecule has 0 aliphatic heterocycles. The average molecular weight is 343 g/mol. The van der Waals surface area contributed by atoms with E-state index >= 15 is 0 Å². The summed E-state index contributed by atoms with van der Waals surface area (Å²) < 4.78 is 0. The Hall–Kier alpha value is -1.91. The molecule has 128 valence electrons. The first-order valence-electron chi connectivity index (χ1n) is 8.50. The molecule has 0 spiro atoms. The molecule has 0 aliphatic carbocycles. The van der Waals surface area contributed by atoms with E-state index in [0.29, 0.717) is 11.2 Å². The Labute approximate surface area is 151 Å². The van der Waals surface area contributed by atoms with Crippen LogP contribution in [0, 0.1) is 6.92 Å². The zero-order valence-corrected chi connectivity index (χ0v) is 15.8. The van der Waals surface area contributed by atoms with Crippen molar-refractivity contribution in [1.29, 1.82) is 0 Å². The highest BCUT2D eigenvalue weighted by Gasteiger charge is 2.17. The molecular formula is C20H28N3S+. The van der Waals surface area contributed by atoms with Gasteiger partial charge in [0.15, 0.2) is 5.11 Å². The second-order valence-corrected chi connectivity index (χ2v) is 6.83. The zero-order valence-electron chi connectivity index (χ0n) is 15.0. The first-order chi connectivity index (χ1) is 11.5. The molecule has 24 heavy (non-hydrogen) atoms. The van der Waals surface area contributed by atoms with Gasteiger partial charge in [0.25, 0.3) is 0 Å². The molecule has 3 nitrogen and oxygen atoms in total. The lowest BCUT2D eigenvalue weighted by Crippen LogP contribution is -3.07. The smallest absolute Gasteiger partial charge is 0.171 e. The van der Waals surface area contributed by atoms with E-state index in [2.05, 4.69) is 75.0 Å². The Balaban J connectivity index is 1.95. The van der Waals surface area contributed by atoms with Crippen LogP contribution in [0.3, 0.4) is 0 Å². The SMILES string of the molecule is CCc1ccc([C@H](CNC(=S)Nc2ccc(C)cc2)[NH+](C)C)cc1. The Morgan fingerprint density at radius 3 is 2.21 bits per heavy atom. The maximum absolute atomic E-state index is 5.43. The third-order valence-electron chi connectivity index (χ3n) is 4.26. The molecule has 0 unspecified atom stereocenters. The van der Waals surface area contributed by atoms with E-state index in [-0.39, 0.29) is 0 Å². The van der Waals surface area contributed by atoms with Gasteiger partial charge in [0.2, 0.25) is 0 Å². The van der Waals surface area contributed by atoms with Crippen molar-refractivity contribution in [2.24, 2.45) is 0 Å².